The van der Waals surface area contributed by atoms with Crippen molar-refractivity contribution in [3.63, 3.8) is 0 Å². The third-order valence-corrected chi connectivity index (χ3v) is 4.33. The van der Waals surface area contributed by atoms with Gasteiger partial charge in [0.15, 0.2) is 0 Å². The molecule has 1 aliphatic rings. The minimum absolute atomic E-state index is 0.00199. The van der Waals surface area contributed by atoms with Gasteiger partial charge in [0, 0.05) is 0 Å². The van der Waals surface area contributed by atoms with Crippen LogP contribution in [0.2, 0.25) is 0 Å². The summed E-state index contributed by atoms with van der Waals surface area (Å²) in [4.78, 5) is 0. The van der Waals surface area contributed by atoms with Crippen LogP contribution in [0.3, 0.4) is 0 Å². The third kappa shape index (κ3) is 2.88. The zero-order valence-electron chi connectivity index (χ0n) is 11.0. The molecule has 0 N–H and O–H groups in total. The maximum Gasteiger partial charge on any atom is 0.126 e. The molecule has 1 aromatic carbocycles. The molecular weight excluding hydrogens is 211 g/mol. The number of halogens is 1. The molecule has 1 fully saturated rings. The van der Waals surface area contributed by atoms with Crippen molar-refractivity contribution in [1.29, 1.82) is 0 Å². The first kappa shape index (κ1) is 12.6. The Morgan fingerprint density at radius 3 is 2.41 bits per heavy atom. The van der Waals surface area contributed by atoms with Crippen molar-refractivity contribution < 1.29 is 4.39 Å². The molecule has 0 radical (unpaired) electrons. The van der Waals surface area contributed by atoms with Crippen LogP contribution in [0, 0.1) is 11.7 Å². The number of benzene rings is 1. The SMILES string of the molecule is CCc1ccc(F)c(C2CCC(CC)CC2)c1. The summed E-state index contributed by atoms with van der Waals surface area (Å²) < 4.78 is 13.9. The molecule has 2 rings (SSSR count). The van der Waals surface area contributed by atoms with Crippen LogP contribution in [-0.2, 0) is 6.42 Å². The average molecular weight is 234 g/mol. The van der Waals surface area contributed by atoms with Gasteiger partial charge in [-0.15, -0.1) is 0 Å². The van der Waals surface area contributed by atoms with Crippen molar-refractivity contribution >= 4 is 0 Å². The summed E-state index contributed by atoms with van der Waals surface area (Å²) in [6.45, 7) is 4.40. The minimum atomic E-state index is 0.00199. The van der Waals surface area contributed by atoms with Crippen LogP contribution in [0.4, 0.5) is 4.39 Å². The van der Waals surface area contributed by atoms with Gasteiger partial charge in [-0.2, -0.15) is 0 Å². The fraction of sp³-hybridized carbons (Fsp3) is 0.625. The van der Waals surface area contributed by atoms with E-state index in [0.29, 0.717) is 5.92 Å². The number of rotatable bonds is 3. The predicted molar refractivity (Wildman–Crippen MR) is 70.8 cm³/mol. The van der Waals surface area contributed by atoms with Crippen molar-refractivity contribution in [3.8, 4) is 0 Å². The van der Waals surface area contributed by atoms with E-state index in [1.54, 1.807) is 6.07 Å². The monoisotopic (exact) mass is 234 g/mol. The van der Waals surface area contributed by atoms with Crippen LogP contribution in [0.15, 0.2) is 18.2 Å². The van der Waals surface area contributed by atoms with E-state index >= 15 is 0 Å². The minimum Gasteiger partial charge on any atom is -0.207 e. The second-order valence-electron chi connectivity index (χ2n) is 5.34. The lowest BCUT2D eigenvalue weighted by Gasteiger charge is -2.28. The standard InChI is InChI=1S/C16H23F/c1-3-12-5-8-14(9-6-12)15-11-13(4-2)7-10-16(15)17/h7,10-12,14H,3-6,8-9H2,1-2H3. The quantitative estimate of drug-likeness (QED) is 0.684. The van der Waals surface area contributed by atoms with Crippen molar-refractivity contribution in [2.24, 2.45) is 5.92 Å². The van der Waals surface area contributed by atoms with E-state index in [0.717, 1.165) is 17.9 Å². The Balaban J connectivity index is 2.12. The first-order chi connectivity index (χ1) is 8.24. The van der Waals surface area contributed by atoms with Crippen LogP contribution in [0.25, 0.3) is 0 Å². The molecule has 1 heteroatoms. The van der Waals surface area contributed by atoms with Crippen LogP contribution in [0.1, 0.15) is 63.0 Å². The lowest BCUT2D eigenvalue weighted by molar-refractivity contribution is 0.314. The molecule has 0 spiro atoms. The summed E-state index contributed by atoms with van der Waals surface area (Å²) in [5.41, 5.74) is 2.23. The molecular formula is C16H23F. The second kappa shape index (κ2) is 5.66. The van der Waals surface area contributed by atoms with Gasteiger partial charge in [-0.1, -0.05) is 32.4 Å². The first-order valence-electron chi connectivity index (χ1n) is 7.02. The Kier molecular flexibility index (Phi) is 4.20. The maximum absolute atomic E-state index is 13.9. The molecule has 94 valence electrons. The smallest absolute Gasteiger partial charge is 0.126 e. The first-order valence-corrected chi connectivity index (χ1v) is 7.02. The Hall–Kier alpha value is -0.850. The fourth-order valence-electron chi connectivity index (χ4n) is 3.01. The molecule has 1 aliphatic carbocycles. The normalized spacial score (nSPS) is 24.9. The van der Waals surface area contributed by atoms with Crippen LogP contribution < -0.4 is 0 Å². The summed E-state index contributed by atoms with van der Waals surface area (Å²) >= 11 is 0. The molecule has 1 saturated carbocycles. The van der Waals surface area contributed by atoms with Crippen LogP contribution in [-0.4, -0.2) is 0 Å². The number of hydrogen-bond acceptors (Lipinski definition) is 0. The molecule has 0 atom stereocenters. The highest BCUT2D eigenvalue weighted by Gasteiger charge is 2.23. The van der Waals surface area contributed by atoms with Gasteiger partial charge in [0.05, 0.1) is 0 Å². The molecule has 0 nitrogen and oxygen atoms in total. The van der Waals surface area contributed by atoms with Gasteiger partial charge in [-0.05, 0) is 61.1 Å². The van der Waals surface area contributed by atoms with Crippen molar-refractivity contribution in [2.75, 3.05) is 0 Å². The highest BCUT2D eigenvalue weighted by atomic mass is 19.1. The number of aryl methyl sites for hydroxylation is 1. The van der Waals surface area contributed by atoms with Crippen molar-refractivity contribution in [2.45, 2.75) is 58.3 Å². The topological polar surface area (TPSA) is 0 Å². The third-order valence-electron chi connectivity index (χ3n) is 4.33. The Labute approximate surface area is 104 Å². The van der Waals surface area contributed by atoms with Crippen molar-refractivity contribution in [3.05, 3.63) is 35.1 Å². The zero-order valence-corrected chi connectivity index (χ0v) is 11.0. The van der Waals surface area contributed by atoms with Gasteiger partial charge >= 0.3 is 0 Å². The summed E-state index contributed by atoms with van der Waals surface area (Å²) in [5, 5.41) is 0. The molecule has 0 bridgehead atoms. The predicted octanol–water partition coefficient (Wildman–Crippen LogP) is 5.07. The fourth-order valence-corrected chi connectivity index (χ4v) is 3.01. The van der Waals surface area contributed by atoms with E-state index in [9.17, 15) is 4.39 Å². The molecule has 0 aromatic heterocycles. The highest BCUT2D eigenvalue weighted by molar-refractivity contribution is 5.28. The molecule has 0 aliphatic heterocycles. The van der Waals surface area contributed by atoms with Gasteiger partial charge in [0.1, 0.15) is 5.82 Å². The van der Waals surface area contributed by atoms with E-state index in [2.05, 4.69) is 19.9 Å². The largest absolute Gasteiger partial charge is 0.207 e. The van der Waals surface area contributed by atoms with E-state index in [-0.39, 0.29) is 5.82 Å². The van der Waals surface area contributed by atoms with E-state index in [4.69, 9.17) is 0 Å². The molecule has 17 heavy (non-hydrogen) atoms. The molecule has 0 amide bonds. The second-order valence-corrected chi connectivity index (χ2v) is 5.34. The summed E-state index contributed by atoms with van der Waals surface area (Å²) in [6, 6.07) is 5.66. The van der Waals surface area contributed by atoms with Crippen molar-refractivity contribution in [1.82, 2.24) is 0 Å². The Bertz CT molecular complexity index is 362. The van der Waals surface area contributed by atoms with Gasteiger partial charge in [-0.25, -0.2) is 4.39 Å². The lowest BCUT2D eigenvalue weighted by Crippen LogP contribution is -2.13. The van der Waals surface area contributed by atoms with Gasteiger partial charge in [-0.3, -0.25) is 0 Å². The molecule has 0 heterocycles. The highest BCUT2D eigenvalue weighted by Crippen LogP contribution is 2.38. The van der Waals surface area contributed by atoms with E-state index < -0.39 is 0 Å². The van der Waals surface area contributed by atoms with E-state index in [1.165, 1.54) is 37.7 Å². The molecule has 0 saturated heterocycles. The summed E-state index contributed by atoms with van der Waals surface area (Å²) in [7, 11) is 0. The van der Waals surface area contributed by atoms with Gasteiger partial charge in [0.25, 0.3) is 0 Å². The van der Waals surface area contributed by atoms with E-state index in [1.807, 2.05) is 6.07 Å². The average Bonchev–Trinajstić information content (AvgIpc) is 2.39. The summed E-state index contributed by atoms with van der Waals surface area (Å²) in [5.74, 6) is 1.34. The van der Waals surface area contributed by atoms with Crippen LogP contribution >= 0.6 is 0 Å². The zero-order chi connectivity index (χ0) is 12.3. The maximum atomic E-state index is 13.9. The Morgan fingerprint density at radius 1 is 1.12 bits per heavy atom. The van der Waals surface area contributed by atoms with Gasteiger partial charge < -0.3 is 0 Å². The molecule has 1 aromatic rings. The van der Waals surface area contributed by atoms with Crippen LogP contribution in [0.5, 0.6) is 0 Å². The Morgan fingerprint density at radius 2 is 1.82 bits per heavy atom. The van der Waals surface area contributed by atoms with Gasteiger partial charge in [0.2, 0.25) is 0 Å². The lowest BCUT2D eigenvalue weighted by atomic mass is 9.77. The molecule has 0 unspecified atom stereocenters. The summed E-state index contributed by atoms with van der Waals surface area (Å²) in [6.07, 6.45) is 7.17. The number of hydrogen-bond donors (Lipinski definition) is 0.